The van der Waals surface area contributed by atoms with Gasteiger partial charge in [-0.3, -0.25) is 4.99 Å². The van der Waals surface area contributed by atoms with Crippen molar-refractivity contribution in [2.24, 2.45) is 10.4 Å². The summed E-state index contributed by atoms with van der Waals surface area (Å²) in [5.41, 5.74) is 1.80. The Labute approximate surface area is 131 Å². The van der Waals surface area contributed by atoms with Crippen LogP contribution >= 0.6 is 23.1 Å². The average molecular weight is 311 g/mol. The van der Waals surface area contributed by atoms with Gasteiger partial charge in [0.05, 0.1) is 12.6 Å². The van der Waals surface area contributed by atoms with E-state index in [9.17, 15) is 0 Å². The fourth-order valence-corrected chi connectivity index (χ4v) is 5.09. The normalized spacial score (nSPS) is 20.9. The zero-order valence-electron chi connectivity index (χ0n) is 13.4. The smallest absolute Gasteiger partial charge is 0.157 e. The Morgan fingerprint density at radius 3 is 2.65 bits per heavy atom. The minimum absolute atomic E-state index is 0.347. The molecule has 4 heteroatoms. The molecule has 2 heterocycles. The fourth-order valence-electron chi connectivity index (χ4n) is 2.63. The summed E-state index contributed by atoms with van der Waals surface area (Å²) in [5.74, 6) is 0. The molecule has 1 N–H and O–H groups in total. The number of thiophene rings is 1. The molecule has 112 valence electrons. The highest BCUT2D eigenvalue weighted by molar-refractivity contribution is 8.14. The van der Waals surface area contributed by atoms with Crippen LogP contribution in [0.25, 0.3) is 0 Å². The molecule has 0 fully saturated rings. The number of hydrogen-bond donors (Lipinski definition) is 1. The Morgan fingerprint density at radius 1 is 1.40 bits per heavy atom. The number of nitrogens with one attached hydrogen (secondary N) is 1. The summed E-state index contributed by atoms with van der Waals surface area (Å²) < 4.78 is 0. The molecule has 2 atom stereocenters. The van der Waals surface area contributed by atoms with Crippen LogP contribution in [0.15, 0.2) is 11.1 Å². The predicted molar refractivity (Wildman–Crippen MR) is 93.1 cm³/mol. The predicted octanol–water partition coefficient (Wildman–Crippen LogP) is 4.92. The second-order valence-electron chi connectivity index (χ2n) is 6.89. The van der Waals surface area contributed by atoms with E-state index in [2.05, 4.69) is 57.9 Å². The third-order valence-corrected chi connectivity index (χ3v) is 5.54. The van der Waals surface area contributed by atoms with Gasteiger partial charge in [-0.2, -0.15) is 0 Å². The SMILES string of the molecule is Cc1cc(C(C)NC2=NCC(CC(C)(C)C)S2)c(C)s1. The number of amidine groups is 1. The van der Waals surface area contributed by atoms with Crippen LogP contribution in [0.4, 0.5) is 0 Å². The van der Waals surface area contributed by atoms with Gasteiger partial charge in [0.15, 0.2) is 5.17 Å². The summed E-state index contributed by atoms with van der Waals surface area (Å²) in [6, 6.07) is 2.64. The Bertz CT molecular complexity index is 497. The molecular formula is C16H26N2S2. The maximum absolute atomic E-state index is 4.68. The standard InChI is InChI=1S/C16H26N2S2/c1-10-7-14(12(3)19-10)11(2)18-15-17-9-13(20-15)8-16(4,5)6/h7,11,13H,8-9H2,1-6H3,(H,17,18). The Morgan fingerprint density at radius 2 is 2.10 bits per heavy atom. The summed E-state index contributed by atoms with van der Waals surface area (Å²) in [6.45, 7) is 14.5. The summed E-state index contributed by atoms with van der Waals surface area (Å²) in [5, 5.41) is 5.34. The lowest BCUT2D eigenvalue weighted by atomic mass is 9.90. The molecule has 0 radical (unpaired) electrons. The van der Waals surface area contributed by atoms with Gasteiger partial charge in [-0.25, -0.2) is 0 Å². The molecule has 0 saturated carbocycles. The monoisotopic (exact) mass is 310 g/mol. The molecule has 1 aromatic heterocycles. The van der Waals surface area contributed by atoms with E-state index in [1.165, 1.54) is 21.7 Å². The molecule has 2 nitrogen and oxygen atoms in total. The van der Waals surface area contributed by atoms with Gasteiger partial charge in [-0.1, -0.05) is 32.5 Å². The molecule has 2 unspecified atom stereocenters. The van der Waals surface area contributed by atoms with Crippen molar-refractivity contribution >= 4 is 28.3 Å². The zero-order valence-corrected chi connectivity index (χ0v) is 15.0. The first kappa shape index (κ1) is 15.9. The van der Waals surface area contributed by atoms with Crippen LogP contribution in [-0.2, 0) is 0 Å². The van der Waals surface area contributed by atoms with Crippen molar-refractivity contribution in [3.63, 3.8) is 0 Å². The van der Waals surface area contributed by atoms with E-state index in [1.807, 2.05) is 23.1 Å². The molecule has 0 aliphatic carbocycles. The second kappa shape index (κ2) is 6.10. The highest BCUT2D eigenvalue weighted by Crippen LogP contribution is 2.33. The van der Waals surface area contributed by atoms with E-state index < -0.39 is 0 Å². The summed E-state index contributed by atoms with van der Waals surface area (Å²) in [4.78, 5) is 7.48. The molecule has 0 aromatic carbocycles. The first-order valence-electron chi connectivity index (χ1n) is 7.29. The van der Waals surface area contributed by atoms with E-state index >= 15 is 0 Å². The quantitative estimate of drug-likeness (QED) is 0.856. The van der Waals surface area contributed by atoms with Crippen molar-refractivity contribution in [2.75, 3.05) is 6.54 Å². The lowest BCUT2D eigenvalue weighted by molar-refractivity contribution is 0.375. The van der Waals surface area contributed by atoms with Gasteiger partial charge in [0.25, 0.3) is 0 Å². The molecule has 1 aliphatic heterocycles. The molecular weight excluding hydrogens is 284 g/mol. The molecule has 0 saturated heterocycles. The second-order valence-corrected chi connectivity index (χ2v) is 9.63. The molecule has 0 spiro atoms. The van der Waals surface area contributed by atoms with Crippen LogP contribution in [-0.4, -0.2) is 17.0 Å². The van der Waals surface area contributed by atoms with Gasteiger partial charge in [0.1, 0.15) is 0 Å². The van der Waals surface area contributed by atoms with Gasteiger partial charge in [0.2, 0.25) is 0 Å². The number of hydrogen-bond acceptors (Lipinski definition) is 4. The number of aryl methyl sites for hydroxylation is 2. The van der Waals surface area contributed by atoms with Gasteiger partial charge >= 0.3 is 0 Å². The van der Waals surface area contributed by atoms with Gasteiger partial charge in [0, 0.05) is 15.0 Å². The number of nitrogens with zero attached hydrogens (tertiary/aromatic N) is 1. The minimum atomic E-state index is 0.347. The highest BCUT2D eigenvalue weighted by atomic mass is 32.2. The Kier molecular flexibility index (Phi) is 4.85. The van der Waals surface area contributed by atoms with Crippen molar-refractivity contribution in [1.29, 1.82) is 0 Å². The van der Waals surface area contributed by atoms with Crippen LogP contribution < -0.4 is 5.32 Å². The van der Waals surface area contributed by atoms with E-state index in [0.29, 0.717) is 16.7 Å². The topological polar surface area (TPSA) is 24.4 Å². The third-order valence-electron chi connectivity index (χ3n) is 3.44. The van der Waals surface area contributed by atoms with Crippen LogP contribution in [0.5, 0.6) is 0 Å². The van der Waals surface area contributed by atoms with E-state index in [4.69, 9.17) is 0 Å². The van der Waals surface area contributed by atoms with E-state index in [1.54, 1.807) is 0 Å². The number of rotatable bonds is 3. The Hall–Kier alpha value is -0.480. The molecule has 0 amide bonds. The van der Waals surface area contributed by atoms with Crippen molar-refractivity contribution in [2.45, 2.75) is 59.3 Å². The van der Waals surface area contributed by atoms with Crippen LogP contribution in [0.2, 0.25) is 0 Å². The van der Waals surface area contributed by atoms with Crippen molar-refractivity contribution in [3.05, 3.63) is 21.4 Å². The maximum Gasteiger partial charge on any atom is 0.157 e. The van der Waals surface area contributed by atoms with E-state index in [-0.39, 0.29) is 0 Å². The molecule has 0 bridgehead atoms. The van der Waals surface area contributed by atoms with Crippen molar-refractivity contribution < 1.29 is 0 Å². The van der Waals surface area contributed by atoms with Crippen molar-refractivity contribution in [1.82, 2.24) is 5.32 Å². The largest absolute Gasteiger partial charge is 0.358 e. The average Bonchev–Trinajstić information content (AvgIpc) is 2.83. The van der Waals surface area contributed by atoms with Crippen LogP contribution in [0, 0.1) is 19.3 Å². The minimum Gasteiger partial charge on any atom is -0.358 e. The van der Waals surface area contributed by atoms with Crippen molar-refractivity contribution in [3.8, 4) is 0 Å². The van der Waals surface area contributed by atoms with Gasteiger partial charge in [-0.05, 0) is 44.2 Å². The summed E-state index contributed by atoms with van der Waals surface area (Å²) in [7, 11) is 0. The van der Waals surface area contributed by atoms with Crippen LogP contribution in [0.1, 0.15) is 55.5 Å². The third kappa shape index (κ3) is 4.26. The molecule has 1 aliphatic rings. The first-order valence-corrected chi connectivity index (χ1v) is 8.99. The molecule has 2 rings (SSSR count). The lowest BCUT2D eigenvalue weighted by Gasteiger charge is -2.22. The Balaban J connectivity index is 1.90. The fraction of sp³-hybridized carbons (Fsp3) is 0.688. The van der Waals surface area contributed by atoms with Gasteiger partial charge < -0.3 is 5.32 Å². The zero-order chi connectivity index (χ0) is 14.9. The maximum atomic E-state index is 4.68. The lowest BCUT2D eigenvalue weighted by Crippen LogP contribution is -2.24. The number of aliphatic imine (C=N–C) groups is 1. The summed E-state index contributed by atoms with van der Waals surface area (Å²) >= 11 is 3.79. The van der Waals surface area contributed by atoms with Crippen LogP contribution in [0.3, 0.4) is 0 Å². The molecule has 1 aromatic rings. The summed E-state index contributed by atoms with van der Waals surface area (Å²) in [6.07, 6.45) is 1.22. The first-order chi connectivity index (χ1) is 9.24. The number of thioether (sulfide) groups is 1. The highest BCUT2D eigenvalue weighted by Gasteiger charge is 2.26. The van der Waals surface area contributed by atoms with Gasteiger partial charge in [-0.15, -0.1) is 11.3 Å². The molecule has 20 heavy (non-hydrogen) atoms. The van der Waals surface area contributed by atoms with E-state index in [0.717, 1.165) is 11.7 Å².